The molecule has 0 amide bonds. The van der Waals surface area contributed by atoms with E-state index in [1.807, 2.05) is 6.20 Å². The first-order chi connectivity index (χ1) is 5.86. The fourth-order valence-electron chi connectivity index (χ4n) is 1.70. The van der Waals surface area contributed by atoms with Crippen molar-refractivity contribution >= 4 is 0 Å². The Bertz CT molecular complexity index is 220. The van der Waals surface area contributed by atoms with E-state index in [9.17, 15) is 0 Å². The first-order valence-electron chi connectivity index (χ1n) is 4.47. The maximum atomic E-state index is 5.82. The fourth-order valence-corrected chi connectivity index (χ4v) is 1.70. The second-order valence-corrected chi connectivity index (χ2v) is 3.37. The van der Waals surface area contributed by atoms with Crippen LogP contribution in [-0.2, 0) is 0 Å². The van der Waals surface area contributed by atoms with E-state index in [2.05, 4.69) is 22.4 Å². The van der Waals surface area contributed by atoms with Crippen LogP contribution in [-0.4, -0.2) is 30.6 Å². The maximum absolute atomic E-state index is 5.82. The van der Waals surface area contributed by atoms with Gasteiger partial charge >= 0.3 is 0 Å². The maximum Gasteiger partial charge on any atom is 0.0358 e. The van der Waals surface area contributed by atoms with Crippen LogP contribution in [0.15, 0.2) is 24.0 Å². The van der Waals surface area contributed by atoms with Gasteiger partial charge in [-0.15, -0.1) is 0 Å². The summed E-state index contributed by atoms with van der Waals surface area (Å²) in [6, 6.07) is 0.370. The Morgan fingerprint density at radius 1 is 1.58 bits per heavy atom. The van der Waals surface area contributed by atoms with Gasteiger partial charge in [-0.25, -0.2) is 0 Å². The number of allylic oxidation sites excluding steroid dienone is 1. The Morgan fingerprint density at radius 3 is 3.08 bits per heavy atom. The molecule has 1 fully saturated rings. The number of hydrogen-bond donors (Lipinski definition) is 2. The Morgan fingerprint density at radius 2 is 2.50 bits per heavy atom. The van der Waals surface area contributed by atoms with Gasteiger partial charge in [-0.3, -0.25) is 0 Å². The normalized spacial score (nSPS) is 28.6. The molecular formula is C9H15N3. The summed E-state index contributed by atoms with van der Waals surface area (Å²) in [5.41, 5.74) is 7.14. The van der Waals surface area contributed by atoms with Gasteiger partial charge in [-0.2, -0.15) is 0 Å². The zero-order chi connectivity index (χ0) is 8.39. The number of nitrogens with two attached hydrogens (primary N) is 1. The zero-order valence-corrected chi connectivity index (χ0v) is 7.16. The van der Waals surface area contributed by atoms with Crippen LogP contribution in [0, 0.1) is 0 Å². The molecule has 2 heterocycles. The third kappa shape index (κ3) is 1.46. The van der Waals surface area contributed by atoms with E-state index in [4.69, 9.17) is 5.73 Å². The minimum atomic E-state index is 0.370. The third-order valence-corrected chi connectivity index (χ3v) is 2.39. The van der Waals surface area contributed by atoms with Crippen molar-refractivity contribution < 1.29 is 0 Å². The minimum Gasteiger partial charge on any atom is -0.387 e. The van der Waals surface area contributed by atoms with E-state index in [-0.39, 0.29) is 0 Å². The molecule has 0 aromatic rings. The molecule has 1 atom stereocenters. The van der Waals surface area contributed by atoms with Crippen molar-refractivity contribution in [3.05, 3.63) is 24.0 Å². The molecule has 66 valence electrons. The lowest BCUT2D eigenvalue weighted by atomic mass is 10.3. The lowest BCUT2D eigenvalue weighted by Crippen LogP contribution is -2.27. The lowest BCUT2D eigenvalue weighted by molar-refractivity contribution is 0.429. The van der Waals surface area contributed by atoms with Crippen molar-refractivity contribution in [1.82, 2.24) is 10.2 Å². The number of likely N-dealkylation sites (tertiary alicyclic amines) is 1. The largest absolute Gasteiger partial charge is 0.387 e. The molecular weight excluding hydrogens is 150 g/mol. The summed E-state index contributed by atoms with van der Waals surface area (Å²) >= 11 is 0. The molecule has 0 aliphatic carbocycles. The van der Waals surface area contributed by atoms with Crippen LogP contribution >= 0.6 is 0 Å². The monoisotopic (exact) mass is 165 g/mol. The van der Waals surface area contributed by atoms with Crippen LogP contribution in [0.5, 0.6) is 0 Å². The molecule has 3 heteroatoms. The fraction of sp³-hybridized carbons (Fsp3) is 0.556. The Balaban J connectivity index is 2.00. The van der Waals surface area contributed by atoms with Crippen molar-refractivity contribution in [3.63, 3.8) is 0 Å². The van der Waals surface area contributed by atoms with Crippen LogP contribution in [0.4, 0.5) is 0 Å². The molecule has 3 N–H and O–H groups in total. The van der Waals surface area contributed by atoms with E-state index in [0.717, 1.165) is 26.1 Å². The molecule has 0 bridgehead atoms. The average molecular weight is 165 g/mol. The second kappa shape index (κ2) is 3.19. The first kappa shape index (κ1) is 7.68. The molecule has 0 spiro atoms. The van der Waals surface area contributed by atoms with Gasteiger partial charge < -0.3 is 16.0 Å². The summed E-state index contributed by atoms with van der Waals surface area (Å²) in [7, 11) is 0. The highest BCUT2D eigenvalue weighted by molar-refractivity contribution is 5.22. The van der Waals surface area contributed by atoms with Gasteiger partial charge in [0.2, 0.25) is 0 Å². The summed E-state index contributed by atoms with van der Waals surface area (Å²) < 4.78 is 0. The quantitative estimate of drug-likeness (QED) is 0.575. The summed E-state index contributed by atoms with van der Waals surface area (Å²) in [5, 5.41) is 3.13. The minimum absolute atomic E-state index is 0.370. The van der Waals surface area contributed by atoms with Gasteiger partial charge in [-0.1, -0.05) is 0 Å². The molecule has 0 aromatic heterocycles. The summed E-state index contributed by atoms with van der Waals surface area (Å²) in [6.07, 6.45) is 7.44. The highest BCUT2D eigenvalue weighted by atomic mass is 15.2. The average Bonchev–Trinajstić information content (AvgIpc) is 2.54. The Labute approximate surface area is 72.9 Å². The van der Waals surface area contributed by atoms with Crippen molar-refractivity contribution in [3.8, 4) is 0 Å². The van der Waals surface area contributed by atoms with Crippen LogP contribution in [0.2, 0.25) is 0 Å². The number of nitrogens with zero attached hydrogens (tertiary/aromatic N) is 1. The molecule has 0 radical (unpaired) electrons. The number of nitrogens with one attached hydrogen (secondary N) is 1. The van der Waals surface area contributed by atoms with Gasteiger partial charge in [-0.05, 0) is 24.8 Å². The smallest absolute Gasteiger partial charge is 0.0358 e. The second-order valence-electron chi connectivity index (χ2n) is 3.37. The number of dihydropyridines is 1. The Kier molecular flexibility index (Phi) is 2.04. The van der Waals surface area contributed by atoms with Crippen molar-refractivity contribution in [2.75, 3.05) is 19.6 Å². The Hall–Kier alpha value is -0.960. The van der Waals surface area contributed by atoms with Gasteiger partial charge in [0.05, 0.1) is 0 Å². The molecule has 0 unspecified atom stereocenters. The number of rotatable bonds is 1. The van der Waals surface area contributed by atoms with Crippen molar-refractivity contribution in [2.45, 2.75) is 12.5 Å². The predicted molar refractivity (Wildman–Crippen MR) is 49.4 cm³/mol. The first-order valence-corrected chi connectivity index (χ1v) is 4.47. The van der Waals surface area contributed by atoms with E-state index < -0.39 is 0 Å². The van der Waals surface area contributed by atoms with Gasteiger partial charge in [0.15, 0.2) is 0 Å². The van der Waals surface area contributed by atoms with Crippen LogP contribution < -0.4 is 11.1 Å². The third-order valence-electron chi connectivity index (χ3n) is 2.39. The van der Waals surface area contributed by atoms with Crippen LogP contribution in [0.3, 0.4) is 0 Å². The van der Waals surface area contributed by atoms with Crippen LogP contribution in [0.25, 0.3) is 0 Å². The zero-order valence-electron chi connectivity index (χ0n) is 7.16. The molecule has 2 rings (SSSR count). The molecule has 1 saturated heterocycles. The molecule has 12 heavy (non-hydrogen) atoms. The molecule has 3 nitrogen and oxygen atoms in total. The van der Waals surface area contributed by atoms with Crippen molar-refractivity contribution in [2.24, 2.45) is 5.73 Å². The van der Waals surface area contributed by atoms with E-state index in [1.165, 1.54) is 5.70 Å². The molecule has 0 aromatic carbocycles. The highest BCUT2D eigenvalue weighted by Gasteiger charge is 2.19. The lowest BCUT2D eigenvalue weighted by Gasteiger charge is -2.21. The molecule has 2 aliphatic rings. The standard InChI is InChI=1S/C9H15N3/c10-8-3-6-12(7-8)9-1-4-11-5-2-9/h1-2,4,8,11H,3,5-7,10H2/t8-/m1/s1. The summed E-state index contributed by atoms with van der Waals surface area (Å²) in [6.45, 7) is 3.06. The van der Waals surface area contributed by atoms with Gasteiger partial charge in [0, 0.05) is 31.4 Å². The SMILES string of the molecule is N[C@@H]1CCN(C2=CCNC=C2)C1. The topological polar surface area (TPSA) is 41.3 Å². The van der Waals surface area contributed by atoms with E-state index in [1.54, 1.807) is 0 Å². The van der Waals surface area contributed by atoms with Gasteiger partial charge in [0.1, 0.15) is 0 Å². The predicted octanol–water partition coefficient (Wildman–Crippen LogP) is 0.0202. The van der Waals surface area contributed by atoms with Crippen LogP contribution in [0.1, 0.15) is 6.42 Å². The number of hydrogen-bond acceptors (Lipinski definition) is 3. The summed E-state index contributed by atoms with van der Waals surface area (Å²) in [5.74, 6) is 0. The molecule has 0 saturated carbocycles. The molecule has 2 aliphatic heterocycles. The van der Waals surface area contributed by atoms with E-state index >= 15 is 0 Å². The highest BCUT2D eigenvalue weighted by Crippen LogP contribution is 2.15. The van der Waals surface area contributed by atoms with Crippen molar-refractivity contribution in [1.29, 1.82) is 0 Å². The van der Waals surface area contributed by atoms with Gasteiger partial charge in [0.25, 0.3) is 0 Å². The summed E-state index contributed by atoms with van der Waals surface area (Å²) in [4.78, 5) is 2.35. The van der Waals surface area contributed by atoms with E-state index in [0.29, 0.717) is 6.04 Å².